The van der Waals surface area contributed by atoms with Crippen LogP contribution >= 0.6 is 23.2 Å². The summed E-state index contributed by atoms with van der Waals surface area (Å²) in [6.07, 6.45) is 5.38. The lowest BCUT2D eigenvalue weighted by Crippen LogP contribution is -2.12. The zero-order valence-corrected chi connectivity index (χ0v) is 13.6. The number of hydrogen-bond acceptors (Lipinski definition) is 2. The molecule has 0 fully saturated rings. The molecule has 0 saturated carbocycles. The second kappa shape index (κ2) is 6.86. The van der Waals surface area contributed by atoms with Gasteiger partial charge in [-0.2, -0.15) is 0 Å². The number of nitrogens with one attached hydrogen (secondary N) is 1. The largest absolute Gasteiger partial charge is 0.333 e. The molecule has 3 aromatic rings. The summed E-state index contributed by atoms with van der Waals surface area (Å²) in [4.78, 5) is 16.3. The van der Waals surface area contributed by atoms with Crippen molar-refractivity contribution in [1.29, 1.82) is 0 Å². The van der Waals surface area contributed by atoms with Crippen LogP contribution < -0.4 is 5.32 Å². The molecule has 0 radical (unpaired) electrons. The van der Waals surface area contributed by atoms with Gasteiger partial charge in [0, 0.05) is 29.5 Å². The minimum absolute atomic E-state index is 0.233. The summed E-state index contributed by atoms with van der Waals surface area (Å²) in [6.45, 7) is 0.710. The minimum Gasteiger partial charge on any atom is -0.333 e. The van der Waals surface area contributed by atoms with Crippen LogP contribution in [-0.4, -0.2) is 15.5 Å². The number of aromatic nitrogens is 2. The molecule has 1 aromatic heterocycles. The molecule has 1 heterocycles. The van der Waals surface area contributed by atoms with Gasteiger partial charge in [-0.1, -0.05) is 35.3 Å². The molecular formula is C17H13Cl2N3O. The van der Waals surface area contributed by atoms with Crippen LogP contribution in [0.3, 0.4) is 0 Å². The van der Waals surface area contributed by atoms with Crippen LogP contribution in [0, 0.1) is 0 Å². The number of halogens is 2. The van der Waals surface area contributed by atoms with Crippen LogP contribution in [0.25, 0.3) is 0 Å². The molecule has 0 unspecified atom stereocenters. The normalized spacial score (nSPS) is 10.5. The first kappa shape index (κ1) is 15.6. The van der Waals surface area contributed by atoms with Gasteiger partial charge >= 0.3 is 0 Å². The number of anilines is 1. The Hall–Kier alpha value is -2.30. The Bertz CT molecular complexity index is 814. The first-order chi connectivity index (χ1) is 11.1. The topological polar surface area (TPSA) is 46.9 Å². The highest BCUT2D eigenvalue weighted by atomic mass is 35.5. The molecule has 0 aliphatic heterocycles. The molecule has 4 nitrogen and oxygen atoms in total. The zero-order chi connectivity index (χ0) is 16.2. The summed E-state index contributed by atoms with van der Waals surface area (Å²) in [6, 6.07) is 12.3. The van der Waals surface area contributed by atoms with Crippen molar-refractivity contribution in [2.75, 3.05) is 5.32 Å². The van der Waals surface area contributed by atoms with Crippen LogP contribution in [0.1, 0.15) is 15.9 Å². The lowest BCUT2D eigenvalue weighted by atomic mass is 10.1. The Morgan fingerprint density at radius 1 is 1.13 bits per heavy atom. The summed E-state index contributed by atoms with van der Waals surface area (Å²) < 4.78 is 1.96. The van der Waals surface area contributed by atoms with Gasteiger partial charge in [-0.25, -0.2) is 4.98 Å². The number of rotatable bonds is 4. The summed E-state index contributed by atoms with van der Waals surface area (Å²) in [5, 5.41) is 3.72. The van der Waals surface area contributed by atoms with E-state index in [1.165, 1.54) is 0 Å². The number of nitrogens with zero attached hydrogens (tertiary/aromatic N) is 2. The predicted octanol–water partition coefficient (Wildman–Crippen LogP) is 4.49. The highest BCUT2D eigenvalue weighted by molar-refractivity contribution is 6.35. The molecule has 1 N–H and O–H groups in total. The van der Waals surface area contributed by atoms with E-state index in [4.69, 9.17) is 23.2 Å². The highest BCUT2D eigenvalue weighted by Gasteiger charge is 2.09. The van der Waals surface area contributed by atoms with Crippen molar-refractivity contribution in [2.24, 2.45) is 0 Å². The Morgan fingerprint density at radius 2 is 1.91 bits per heavy atom. The minimum atomic E-state index is -0.233. The van der Waals surface area contributed by atoms with Crippen molar-refractivity contribution in [1.82, 2.24) is 9.55 Å². The molecule has 0 saturated heterocycles. The molecule has 3 rings (SSSR count). The van der Waals surface area contributed by atoms with E-state index in [-0.39, 0.29) is 5.91 Å². The second-order valence-electron chi connectivity index (χ2n) is 5.01. The lowest BCUT2D eigenvalue weighted by Gasteiger charge is -2.08. The Kier molecular flexibility index (Phi) is 4.65. The first-order valence-electron chi connectivity index (χ1n) is 6.93. The maximum atomic E-state index is 12.3. The average molecular weight is 346 g/mol. The summed E-state index contributed by atoms with van der Waals surface area (Å²) >= 11 is 12.0. The van der Waals surface area contributed by atoms with E-state index >= 15 is 0 Å². The Morgan fingerprint density at radius 3 is 2.61 bits per heavy atom. The van der Waals surface area contributed by atoms with Crippen molar-refractivity contribution >= 4 is 34.8 Å². The van der Waals surface area contributed by atoms with Gasteiger partial charge in [0.1, 0.15) is 0 Å². The van der Waals surface area contributed by atoms with Crippen LogP contribution in [0.2, 0.25) is 10.0 Å². The quantitative estimate of drug-likeness (QED) is 0.757. The molecule has 116 valence electrons. The summed E-state index contributed by atoms with van der Waals surface area (Å²) in [5.74, 6) is -0.233. The van der Waals surface area contributed by atoms with E-state index in [0.717, 1.165) is 5.56 Å². The SMILES string of the molecule is O=C(Nc1cc(Cl)ccc1Cl)c1ccc(Cn2ccnc2)cc1. The summed E-state index contributed by atoms with van der Waals surface area (Å²) in [7, 11) is 0. The molecule has 0 aliphatic carbocycles. The van der Waals surface area contributed by atoms with Crippen molar-refractivity contribution < 1.29 is 4.79 Å². The van der Waals surface area contributed by atoms with Crippen molar-refractivity contribution in [3.05, 3.63) is 82.4 Å². The molecule has 2 aromatic carbocycles. The van der Waals surface area contributed by atoms with Gasteiger partial charge in [0.25, 0.3) is 5.91 Å². The predicted molar refractivity (Wildman–Crippen MR) is 92.2 cm³/mol. The number of amides is 1. The van der Waals surface area contributed by atoms with Gasteiger partial charge in [-0.15, -0.1) is 0 Å². The third kappa shape index (κ3) is 3.92. The van der Waals surface area contributed by atoms with Gasteiger partial charge in [0.2, 0.25) is 0 Å². The van der Waals surface area contributed by atoms with Gasteiger partial charge in [-0.3, -0.25) is 4.79 Å². The second-order valence-corrected chi connectivity index (χ2v) is 5.85. The standard InChI is InChI=1S/C17H13Cl2N3O/c18-14-5-6-15(19)16(9-14)21-17(23)13-3-1-12(2-4-13)10-22-8-7-20-11-22/h1-9,11H,10H2,(H,21,23). The fourth-order valence-corrected chi connectivity index (χ4v) is 2.48. The number of benzene rings is 2. The molecule has 0 spiro atoms. The molecule has 1 amide bonds. The van der Waals surface area contributed by atoms with Gasteiger partial charge < -0.3 is 9.88 Å². The summed E-state index contributed by atoms with van der Waals surface area (Å²) in [5.41, 5.74) is 2.13. The van der Waals surface area contributed by atoms with Gasteiger partial charge in [-0.05, 0) is 35.9 Å². The fourth-order valence-electron chi connectivity index (χ4n) is 2.14. The maximum Gasteiger partial charge on any atom is 0.255 e. The van der Waals surface area contributed by atoms with Crippen molar-refractivity contribution in [3.63, 3.8) is 0 Å². The third-order valence-electron chi connectivity index (χ3n) is 3.32. The van der Waals surface area contributed by atoms with E-state index in [1.54, 1.807) is 42.9 Å². The smallest absolute Gasteiger partial charge is 0.255 e. The number of hydrogen-bond donors (Lipinski definition) is 1. The Labute approximate surface area is 143 Å². The molecule has 0 atom stereocenters. The van der Waals surface area contributed by atoms with Crippen molar-refractivity contribution in [3.8, 4) is 0 Å². The first-order valence-corrected chi connectivity index (χ1v) is 7.68. The molecule has 23 heavy (non-hydrogen) atoms. The van der Waals surface area contributed by atoms with E-state index in [0.29, 0.717) is 27.8 Å². The van der Waals surface area contributed by atoms with E-state index in [1.807, 2.05) is 22.9 Å². The van der Waals surface area contributed by atoms with E-state index < -0.39 is 0 Å². The molecule has 0 bridgehead atoms. The maximum absolute atomic E-state index is 12.3. The van der Waals surface area contributed by atoms with Crippen LogP contribution in [0.5, 0.6) is 0 Å². The van der Waals surface area contributed by atoms with Crippen LogP contribution in [0.4, 0.5) is 5.69 Å². The fraction of sp³-hybridized carbons (Fsp3) is 0.0588. The zero-order valence-electron chi connectivity index (χ0n) is 12.0. The Balaban J connectivity index is 1.71. The molecule has 6 heteroatoms. The van der Waals surface area contributed by atoms with Gasteiger partial charge in [0.15, 0.2) is 0 Å². The van der Waals surface area contributed by atoms with Gasteiger partial charge in [0.05, 0.1) is 17.0 Å². The van der Waals surface area contributed by atoms with E-state index in [2.05, 4.69) is 10.3 Å². The lowest BCUT2D eigenvalue weighted by molar-refractivity contribution is 0.102. The number of carbonyl (C=O) groups is 1. The van der Waals surface area contributed by atoms with Crippen molar-refractivity contribution in [2.45, 2.75) is 6.54 Å². The van der Waals surface area contributed by atoms with Crippen LogP contribution in [0.15, 0.2) is 61.2 Å². The van der Waals surface area contributed by atoms with E-state index in [9.17, 15) is 4.79 Å². The third-order valence-corrected chi connectivity index (χ3v) is 3.88. The highest BCUT2D eigenvalue weighted by Crippen LogP contribution is 2.25. The average Bonchev–Trinajstić information content (AvgIpc) is 3.04. The number of carbonyl (C=O) groups excluding carboxylic acids is 1. The molecule has 0 aliphatic rings. The van der Waals surface area contributed by atoms with Crippen LogP contribution in [-0.2, 0) is 6.54 Å². The molecular weight excluding hydrogens is 333 g/mol. The monoisotopic (exact) mass is 345 g/mol. The number of imidazole rings is 1.